The summed E-state index contributed by atoms with van der Waals surface area (Å²) in [5.41, 5.74) is 0.306. The van der Waals surface area contributed by atoms with E-state index in [0.29, 0.717) is 43.8 Å². The molecule has 0 aliphatic carbocycles. The van der Waals surface area contributed by atoms with Gasteiger partial charge in [0.1, 0.15) is 5.82 Å². The zero-order valence-electron chi connectivity index (χ0n) is 13.5. The van der Waals surface area contributed by atoms with Gasteiger partial charge in [-0.2, -0.15) is 0 Å². The van der Waals surface area contributed by atoms with Crippen LogP contribution in [0.2, 0.25) is 0 Å². The summed E-state index contributed by atoms with van der Waals surface area (Å²) >= 11 is 0. The summed E-state index contributed by atoms with van der Waals surface area (Å²) in [6, 6.07) is 0. The largest absolute Gasteiger partial charge is 0.385 e. The van der Waals surface area contributed by atoms with E-state index in [4.69, 9.17) is 4.74 Å². The number of aromatic nitrogens is 4. The van der Waals surface area contributed by atoms with Crippen molar-refractivity contribution in [1.29, 1.82) is 0 Å². The second kappa shape index (κ2) is 6.89. The molecule has 122 valence electrons. The maximum absolute atomic E-state index is 12.5. The molecule has 0 saturated carbocycles. The summed E-state index contributed by atoms with van der Waals surface area (Å²) in [4.78, 5) is 29.6. The first-order valence-electron chi connectivity index (χ1n) is 7.39. The van der Waals surface area contributed by atoms with E-state index in [1.54, 1.807) is 30.2 Å². The molecule has 8 nitrogen and oxygen atoms in total. The molecule has 0 saturated heterocycles. The molecule has 0 atom stereocenters. The molecule has 0 radical (unpaired) electrons. The SMILES string of the molecule is CCn1c(=O)c2c(nc(CNC)n2C)n(CCCOC)c1=O. The van der Waals surface area contributed by atoms with Gasteiger partial charge in [0.2, 0.25) is 0 Å². The van der Waals surface area contributed by atoms with Crippen LogP contribution in [0.15, 0.2) is 9.59 Å². The highest BCUT2D eigenvalue weighted by atomic mass is 16.5. The predicted molar refractivity (Wildman–Crippen MR) is 84.2 cm³/mol. The summed E-state index contributed by atoms with van der Waals surface area (Å²) in [5, 5.41) is 3.02. The number of imidazole rings is 1. The Morgan fingerprint density at radius 1 is 1.27 bits per heavy atom. The topological polar surface area (TPSA) is 83.1 Å². The highest BCUT2D eigenvalue weighted by Crippen LogP contribution is 2.10. The van der Waals surface area contributed by atoms with Crippen molar-refractivity contribution in [2.24, 2.45) is 7.05 Å². The molecule has 1 N–H and O–H groups in total. The molecule has 0 fully saturated rings. The Morgan fingerprint density at radius 2 is 2.00 bits per heavy atom. The summed E-state index contributed by atoms with van der Waals surface area (Å²) < 4.78 is 9.62. The number of fused-ring (bicyclic) bond motifs is 1. The molecule has 22 heavy (non-hydrogen) atoms. The lowest BCUT2D eigenvalue weighted by Crippen LogP contribution is -2.40. The molecule has 0 aliphatic rings. The van der Waals surface area contributed by atoms with Crippen LogP contribution >= 0.6 is 0 Å². The van der Waals surface area contributed by atoms with Crippen molar-refractivity contribution < 1.29 is 4.74 Å². The minimum atomic E-state index is -0.315. The minimum absolute atomic E-state index is 0.289. The van der Waals surface area contributed by atoms with Gasteiger partial charge in [-0.05, 0) is 20.4 Å². The third-order valence-corrected chi connectivity index (χ3v) is 3.72. The quantitative estimate of drug-likeness (QED) is 0.708. The molecular weight excluding hydrogens is 286 g/mol. The molecule has 0 bridgehead atoms. The van der Waals surface area contributed by atoms with Gasteiger partial charge in [0.05, 0.1) is 6.54 Å². The third-order valence-electron chi connectivity index (χ3n) is 3.72. The Balaban J connectivity index is 2.72. The number of ether oxygens (including phenoxy) is 1. The first-order chi connectivity index (χ1) is 10.6. The molecule has 8 heteroatoms. The summed E-state index contributed by atoms with van der Waals surface area (Å²) in [6.45, 7) is 3.68. The zero-order valence-corrected chi connectivity index (χ0v) is 13.5. The molecule has 2 rings (SSSR count). The van der Waals surface area contributed by atoms with Crippen LogP contribution in [0.4, 0.5) is 0 Å². The van der Waals surface area contributed by atoms with Gasteiger partial charge >= 0.3 is 5.69 Å². The maximum Gasteiger partial charge on any atom is 0.332 e. The summed E-state index contributed by atoms with van der Waals surface area (Å²) in [6.07, 6.45) is 0.686. The highest BCUT2D eigenvalue weighted by Gasteiger charge is 2.18. The first-order valence-corrected chi connectivity index (χ1v) is 7.39. The average molecular weight is 309 g/mol. The number of nitrogens with zero attached hydrogens (tertiary/aromatic N) is 4. The van der Waals surface area contributed by atoms with Crippen LogP contribution in [0.5, 0.6) is 0 Å². The molecule has 0 amide bonds. The lowest BCUT2D eigenvalue weighted by Gasteiger charge is -2.10. The van der Waals surface area contributed by atoms with Crippen LogP contribution in [0, 0.1) is 0 Å². The fourth-order valence-electron chi connectivity index (χ4n) is 2.57. The van der Waals surface area contributed by atoms with Crippen LogP contribution in [-0.2, 0) is 31.4 Å². The molecule has 0 spiro atoms. The fraction of sp³-hybridized carbons (Fsp3) is 0.643. The normalized spacial score (nSPS) is 11.5. The van der Waals surface area contributed by atoms with E-state index in [1.165, 1.54) is 4.57 Å². The number of rotatable bonds is 7. The average Bonchev–Trinajstić information content (AvgIpc) is 2.81. The fourth-order valence-corrected chi connectivity index (χ4v) is 2.57. The molecule has 0 unspecified atom stereocenters. The number of nitrogens with one attached hydrogen (secondary N) is 1. The Kier molecular flexibility index (Phi) is 5.15. The van der Waals surface area contributed by atoms with E-state index in [-0.39, 0.29) is 11.2 Å². The van der Waals surface area contributed by atoms with Crippen LogP contribution in [0.3, 0.4) is 0 Å². The number of hydrogen-bond acceptors (Lipinski definition) is 5. The van der Waals surface area contributed by atoms with Crippen molar-refractivity contribution in [3.63, 3.8) is 0 Å². The molecule has 2 aromatic heterocycles. The number of aryl methyl sites for hydroxylation is 2. The zero-order chi connectivity index (χ0) is 16.3. The van der Waals surface area contributed by atoms with Crippen LogP contribution in [0.1, 0.15) is 19.2 Å². The van der Waals surface area contributed by atoms with E-state index in [2.05, 4.69) is 10.3 Å². The minimum Gasteiger partial charge on any atom is -0.385 e. The summed E-state index contributed by atoms with van der Waals surface area (Å²) in [7, 11) is 5.24. The second-order valence-corrected chi connectivity index (χ2v) is 5.12. The van der Waals surface area contributed by atoms with Crippen LogP contribution < -0.4 is 16.6 Å². The first kappa shape index (κ1) is 16.4. The van der Waals surface area contributed by atoms with Crippen molar-refractivity contribution >= 4 is 11.2 Å². The number of methoxy groups -OCH3 is 1. The molecule has 2 heterocycles. The van der Waals surface area contributed by atoms with E-state index in [9.17, 15) is 9.59 Å². The van der Waals surface area contributed by atoms with Gasteiger partial charge in [0.15, 0.2) is 11.2 Å². The smallest absolute Gasteiger partial charge is 0.332 e. The standard InChI is InChI=1S/C14H23N5O3/c1-5-18-13(20)11-12(16-10(9-15-2)17(11)3)19(14(18)21)7-6-8-22-4/h15H,5-9H2,1-4H3. The predicted octanol–water partition coefficient (Wildman–Crippen LogP) is -0.327. The molecular formula is C14H23N5O3. The molecule has 2 aromatic rings. The van der Waals surface area contributed by atoms with Crippen molar-refractivity contribution in [3.8, 4) is 0 Å². The Labute approximate surface area is 128 Å². The molecule has 0 aliphatic heterocycles. The summed E-state index contributed by atoms with van der Waals surface area (Å²) in [5.74, 6) is 0.725. The van der Waals surface area contributed by atoms with E-state index >= 15 is 0 Å². The Bertz CT molecular complexity index is 771. The lowest BCUT2D eigenvalue weighted by molar-refractivity contribution is 0.190. The Morgan fingerprint density at radius 3 is 2.59 bits per heavy atom. The highest BCUT2D eigenvalue weighted by molar-refractivity contribution is 5.71. The van der Waals surface area contributed by atoms with Gasteiger partial charge in [-0.1, -0.05) is 0 Å². The monoisotopic (exact) mass is 309 g/mol. The van der Waals surface area contributed by atoms with E-state index in [0.717, 1.165) is 5.82 Å². The van der Waals surface area contributed by atoms with Crippen molar-refractivity contribution in [3.05, 3.63) is 26.7 Å². The number of hydrogen-bond donors (Lipinski definition) is 1. The van der Waals surface area contributed by atoms with Gasteiger partial charge < -0.3 is 14.6 Å². The van der Waals surface area contributed by atoms with Crippen molar-refractivity contribution in [2.75, 3.05) is 20.8 Å². The van der Waals surface area contributed by atoms with E-state index in [1.807, 2.05) is 7.05 Å². The van der Waals surface area contributed by atoms with Gasteiger partial charge in [-0.15, -0.1) is 0 Å². The van der Waals surface area contributed by atoms with Crippen molar-refractivity contribution in [2.45, 2.75) is 33.0 Å². The Hall–Kier alpha value is -1.93. The van der Waals surface area contributed by atoms with Crippen molar-refractivity contribution in [1.82, 2.24) is 24.0 Å². The van der Waals surface area contributed by atoms with Gasteiger partial charge in [-0.25, -0.2) is 9.78 Å². The van der Waals surface area contributed by atoms with E-state index < -0.39 is 0 Å². The lowest BCUT2D eigenvalue weighted by atomic mass is 10.4. The van der Waals surface area contributed by atoms with Crippen LogP contribution in [0.25, 0.3) is 11.2 Å². The van der Waals surface area contributed by atoms with Crippen LogP contribution in [-0.4, -0.2) is 39.4 Å². The third kappa shape index (κ3) is 2.71. The molecule has 0 aromatic carbocycles. The maximum atomic E-state index is 12.5. The second-order valence-electron chi connectivity index (χ2n) is 5.12. The van der Waals surface area contributed by atoms with Gasteiger partial charge in [0.25, 0.3) is 5.56 Å². The van der Waals surface area contributed by atoms with Gasteiger partial charge in [-0.3, -0.25) is 13.9 Å². The van der Waals surface area contributed by atoms with Gasteiger partial charge in [0, 0.05) is 33.9 Å².